The van der Waals surface area contributed by atoms with Crippen LogP contribution in [0, 0.1) is 5.92 Å². The highest BCUT2D eigenvalue weighted by molar-refractivity contribution is 5.79. The van der Waals surface area contributed by atoms with Crippen molar-refractivity contribution in [2.75, 3.05) is 6.61 Å². The van der Waals surface area contributed by atoms with Gasteiger partial charge < -0.3 is 9.84 Å². The summed E-state index contributed by atoms with van der Waals surface area (Å²) >= 11 is 0. The molecule has 0 aromatic heterocycles. The van der Waals surface area contributed by atoms with Gasteiger partial charge in [-0.05, 0) is 32.1 Å². The lowest BCUT2D eigenvalue weighted by molar-refractivity contribution is -0.172. The first-order valence-corrected chi connectivity index (χ1v) is 6.46. The van der Waals surface area contributed by atoms with Crippen LogP contribution in [-0.4, -0.2) is 23.3 Å². The highest BCUT2D eigenvalue weighted by Crippen LogP contribution is 2.30. The molecule has 2 unspecified atom stereocenters. The highest BCUT2D eigenvalue weighted by atomic mass is 16.5. The first kappa shape index (κ1) is 15.4. The Morgan fingerprint density at radius 2 is 1.94 bits per heavy atom. The van der Waals surface area contributed by atoms with Crippen molar-refractivity contribution in [3.05, 3.63) is 0 Å². The van der Waals surface area contributed by atoms with Gasteiger partial charge in [-0.3, -0.25) is 0 Å². The summed E-state index contributed by atoms with van der Waals surface area (Å²) in [6, 6.07) is 0. The fourth-order valence-electron chi connectivity index (χ4n) is 2.09. The second-order valence-electron chi connectivity index (χ2n) is 4.25. The number of carbonyl (C=O) groups excluding carboxylic acids is 1. The Bertz CT molecular complexity index is 203. The minimum absolute atomic E-state index is 0.0106. The van der Waals surface area contributed by atoms with Crippen LogP contribution in [0.3, 0.4) is 0 Å². The number of hydrogen-bond donors (Lipinski definition) is 1. The lowest BCUT2D eigenvalue weighted by atomic mass is 9.80. The van der Waals surface area contributed by atoms with Crippen LogP contribution in [-0.2, 0) is 9.53 Å². The summed E-state index contributed by atoms with van der Waals surface area (Å²) in [5.74, 6) is -0.447. The van der Waals surface area contributed by atoms with Crippen LogP contribution in [0.15, 0.2) is 0 Å². The van der Waals surface area contributed by atoms with E-state index in [1.54, 1.807) is 6.92 Å². The maximum atomic E-state index is 11.8. The molecule has 0 rings (SSSR count). The van der Waals surface area contributed by atoms with Crippen LogP contribution >= 0.6 is 0 Å². The second kappa shape index (κ2) is 7.66. The van der Waals surface area contributed by atoms with Gasteiger partial charge >= 0.3 is 5.97 Å². The van der Waals surface area contributed by atoms with E-state index in [1.807, 2.05) is 13.8 Å². The normalized spacial score (nSPS) is 16.6. The molecule has 3 heteroatoms. The van der Waals surface area contributed by atoms with Crippen molar-refractivity contribution in [2.45, 2.75) is 65.4 Å². The van der Waals surface area contributed by atoms with E-state index in [0.29, 0.717) is 13.0 Å². The molecule has 0 saturated carbocycles. The molecule has 16 heavy (non-hydrogen) atoms. The molecule has 0 radical (unpaired) electrons. The van der Waals surface area contributed by atoms with E-state index in [1.165, 1.54) is 0 Å². The Labute approximate surface area is 99.2 Å². The van der Waals surface area contributed by atoms with E-state index in [-0.39, 0.29) is 5.92 Å². The summed E-state index contributed by atoms with van der Waals surface area (Å²) in [6.45, 7) is 8.06. The number of unbranched alkanes of at least 4 members (excludes halogenated alkanes) is 1. The van der Waals surface area contributed by atoms with Crippen molar-refractivity contribution in [3.63, 3.8) is 0 Å². The molecule has 0 heterocycles. The fraction of sp³-hybridized carbons (Fsp3) is 0.923. The van der Waals surface area contributed by atoms with Crippen LogP contribution < -0.4 is 0 Å². The average Bonchev–Trinajstić information content (AvgIpc) is 2.29. The van der Waals surface area contributed by atoms with Gasteiger partial charge in [-0.1, -0.05) is 33.6 Å². The molecule has 0 amide bonds. The zero-order chi connectivity index (χ0) is 12.6. The first-order valence-electron chi connectivity index (χ1n) is 6.46. The van der Waals surface area contributed by atoms with Gasteiger partial charge in [0.15, 0.2) is 5.60 Å². The molecule has 0 aliphatic carbocycles. The van der Waals surface area contributed by atoms with Crippen molar-refractivity contribution in [2.24, 2.45) is 5.92 Å². The number of rotatable bonds is 8. The monoisotopic (exact) mass is 230 g/mol. The molecule has 0 aliphatic heterocycles. The quantitative estimate of drug-likeness (QED) is 0.652. The minimum Gasteiger partial charge on any atom is -0.464 e. The molecular formula is C13H26O3. The van der Waals surface area contributed by atoms with E-state index in [4.69, 9.17) is 4.74 Å². The van der Waals surface area contributed by atoms with Crippen LogP contribution in [0.1, 0.15) is 59.8 Å². The molecule has 2 atom stereocenters. The lowest BCUT2D eigenvalue weighted by Gasteiger charge is -2.32. The Balaban J connectivity index is 4.66. The zero-order valence-electron chi connectivity index (χ0n) is 11.1. The summed E-state index contributed by atoms with van der Waals surface area (Å²) in [7, 11) is 0. The van der Waals surface area contributed by atoms with Gasteiger partial charge in [0, 0.05) is 0 Å². The topological polar surface area (TPSA) is 46.5 Å². The molecule has 0 aromatic carbocycles. The van der Waals surface area contributed by atoms with Gasteiger partial charge in [0.25, 0.3) is 0 Å². The molecule has 0 saturated heterocycles. The summed E-state index contributed by atoms with van der Waals surface area (Å²) in [5.41, 5.74) is -1.29. The van der Waals surface area contributed by atoms with Crippen molar-refractivity contribution in [1.29, 1.82) is 0 Å². The summed E-state index contributed by atoms with van der Waals surface area (Å²) < 4.78 is 4.97. The Morgan fingerprint density at radius 3 is 2.31 bits per heavy atom. The van der Waals surface area contributed by atoms with Gasteiger partial charge in [0.05, 0.1) is 6.61 Å². The Morgan fingerprint density at radius 1 is 1.31 bits per heavy atom. The number of esters is 1. The van der Waals surface area contributed by atoms with Crippen molar-refractivity contribution in [3.8, 4) is 0 Å². The van der Waals surface area contributed by atoms with E-state index in [9.17, 15) is 9.90 Å². The third kappa shape index (κ3) is 3.78. The molecule has 96 valence electrons. The van der Waals surface area contributed by atoms with Crippen LogP contribution in [0.4, 0.5) is 0 Å². The molecule has 0 spiro atoms. The number of ether oxygens (including phenoxy) is 1. The maximum absolute atomic E-state index is 11.8. The average molecular weight is 230 g/mol. The molecule has 0 aliphatic rings. The van der Waals surface area contributed by atoms with Gasteiger partial charge in [-0.25, -0.2) is 4.79 Å². The summed E-state index contributed by atoms with van der Waals surface area (Å²) in [5, 5.41) is 10.4. The van der Waals surface area contributed by atoms with Crippen LogP contribution in [0.5, 0.6) is 0 Å². The fourth-order valence-corrected chi connectivity index (χ4v) is 2.09. The van der Waals surface area contributed by atoms with Crippen molar-refractivity contribution < 1.29 is 14.6 Å². The third-order valence-electron chi connectivity index (χ3n) is 3.24. The largest absolute Gasteiger partial charge is 0.464 e. The van der Waals surface area contributed by atoms with Crippen LogP contribution in [0.2, 0.25) is 0 Å². The predicted molar refractivity (Wildman–Crippen MR) is 65.2 cm³/mol. The van der Waals surface area contributed by atoms with Gasteiger partial charge in [0.2, 0.25) is 0 Å². The Kier molecular flexibility index (Phi) is 7.39. The maximum Gasteiger partial charge on any atom is 0.338 e. The third-order valence-corrected chi connectivity index (χ3v) is 3.24. The minimum atomic E-state index is -1.29. The Hall–Kier alpha value is -0.570. The molecule has 3 nitrogen and oxygen atoms in total. The molecule has 0 bridgehead atoms. The van der Waals surface area contributed by atoms with Gasteiger partial charge in [-0.15, -0.1) is 0 Å². The smallest absolute Gasteiger partial charge is 0.338 e. The second-order valence-corrected chi connectivity index (χ2v) is 4.25. The molecule has 0 fully saturated rings. The first-order chi connectivity index (χ1) is 7.56. The number of carbonyl (C=O) groups is 1. The number of aliphatic hydroxyl groups is 1. The summed E-state index contributed by atoms with van der Waals surface area (Å²) in [6.07, 6.45) is 4.24. The summed E-state index contributed by atoms with van der Waals surface area (Å²) in [4.78, 5) is 11.8. The predicted octanol–water partition coefficient (Wildman–Crippen LogP) is 2.91. The van der Waals surface area contributed by atoms with Gasteiger partial charge in [-0.2, -0.15) is 0 Å². The SMILES string of the molecule is CCCCC(CC)C(O)(CC)C(=O)OCC. The lowest BCUT2D eigenvalue weighted by Crippen LogP contribution is -2.46. The van der Waals surface area contributed by atoms with E-state index in [0.717, 1.165) is 25.7 Å². The van der Waals surface area contributed by atoms with E-state index < -0.39 is 11.6 Å². The number of hydrogen-bond acceptors (Lipinski definition) is 3. The van der Waals surface area contributed by atoms with E-state index in [2.05, 4.69) is 6.92 Å². The molecule has 0 aromatic rings. The zero-order valence-corrected chi connectivity index (χ0v) is 11.1. The van der Waals surface area contributed by atoms with Crippen LogP contribution in [0.25, 0.3) is 0 Å². The van der Waals surface area contributed by atoms with E-state index >= 15 is 0 Å². The van der Waals surface area contributed by atoms with Crippen molar-refractivity contribution >= 4 is 5.97 Å². The van der Waals surface area contributed by atoms with Crippen molar-refractivity contribution in [1.82, 2.24) is 0 Å². The standard InChI is InChI=1S/C13H26O3/c1-5-9-10-11(6-2)13(15,7-3)12(14)16-8-4/h11,15H,5-10H2,1-4H3. The molecule has 1 N–H and O–H groups in total. The molecular weight excluding hydrogens is 204 g/mol. The van der Waals surface area contributed by atoms with Gasteiger partial charge in [0.1, 0.15) is 0 Å². The highest BCUT2D eigenvalue weighted by Gasteiger charge is 2.42.